The summed E-state index contributed by atoms with van der Waals surface area (Å²) < 4.78 is 1.99. The van der Waals surface area contributed by atoms with Crippen molar-refractivity contribution in [1.29, 1.82) is 0 Å². The predicted octanol–water partition coefficient (Wildman–Crippen LogP) is 4.39. The first kappa shape index (κ1) is 21.9. The van der Waals surface area contributed by atoms with Crippen LogP contribution in [0.5, 0.6) is 0 Å². The van der Waals surface area contributed by atoms with Crippen LogP contribution in [-0.2, 0) is 11.8 Å². The second-order valence-corrected chi connectivity index (χ2v) is 8.09. The van der Waals surface area contributed by atoms with Gasteiger partial charge < -0.3 is 9.88 Å². The summed E-state index contributed by atoms with van der Waals surface area (Å²) in [6.07, 6.45) is 3.53. The van der Waals surface area contributed by atoms with Crippen molar-refractivity contribution < 1.29 is 9.59 Å². The van der Waals surface area contributed by atoms with Crippen molar-refractivity contribution in [3.05, 3.63) is 69.8 Å². The number of rotatable bonds is 6. The molecule has 2 amide bonds. The van der Waals surface area contributed by atoms with Crippen LogP contribution in [-0.4, -0.2) is 28.6 Å². The Kier molecular flexibility index (Phi) is 6.80. The van der Waals surface area contributed by atoms with Crippen LogP contribution >= 0.6 is 23.2 Å². The van der Waals surface area contributed by atoms with E-state index in [2.05, 4.69) is 15.8 Å². The van der Waals surface area contributed by atoms with Crippen LogP contribution < -0.4 is 10.7 Å². The minimum absolute atomic E-state index is 0.149. The van der Waals surface area contributed by atoms with Crippen LogP contribution in [0, 0.1) is 5.92 Å². The Balaban J connectivity index is 1.70. The Morgan fingerprint density at radius 2 is 1.83 bits per heavy atom. The molecule has 0 aliphatic heterocycles. The number of nitrogens with one attached hydrogen (secondary N) is 2. The van der Waals surface area contributed by atoms with E-state index < -0.39 is 17.9 Å². The van der Waals surface area contributed by atoms with Crippen LogP contribution in [0.2, 0.25) is 10.0 Å². The number of hydrogen-bond acceptors (Lipinski definition) is 3. The van der Waals surface area contributed by atoms with E-state index in [0.717, 1.165) is 16.5 Å². The van der Waals surface area contributed by atoms with E-state index >= 15 is 0 Å². The molecular weight excluding hydrogens is 423 g/mol. The molecule has 1 atom stereocenters. The fraction of sp³-hybridized carbons (Fsp3) is 0.227. The standard InChI is InChI=1S/C22H22Cl2N4O2/c1-13(2)20(26-21(29)14-8-9-17(23)18(24)10-14)22(30)27-25-11-15-12-28(3)19-7-5-4-6-16(15)19/h4-13,20H,1-3H3,(H,26,29)(H,27,30). The third-order valence-electron chi connectivity index (χ3n) is 4.72. The molecule has 1 aromatic heterocycles. The highest BCUT2D eigenvalue weighted by Gasteiger charge is 2.24. The van der Waals surface area contributed by atoms with Gasteiger partial charge in [-0.3, -0.25) is 9.59 Å². The van der Waals surface area contributed by atoms with E-state index in [4.69, 9.17) is 23.2 Å². The number of amides is 2. The van der Waals surface area contributed by atoms with Crippen molar-refractivity contribution in [2.45, 2.75) is 19.9 Å². The number of aromatic nitrogens is 1. The number of halogens is 2. The lowest BCUT2D eigenvalue weighted by molar-refractivity contribution is -0.123. The highest BCUT2D eigenvalue weighted by Crippen LogP contribution is 2.23. The highest BCUT2D eigenvalue weighted by molar-refractivity contribution is 6.42. The van der Waals surface area contributed by atoms with Gasteiger partial charge in [-0.05, 0) is 30.2 Å². The zero-order valence-electron chi connectivity index (χ0n) is 16.8. The zero-order valence-corrected chi connectivity index (χ0v) is 18.3. The van der Waals surface area contributed by atoms with Gasteiger partial charge in [0.15, 0.2) is 0 Å². The van der Waals surface area contributed by atoms with Crippen molar-refractivity contribution in [3.63, 3.8) is 0 Å². The van der Waals surface area contributed by atoms with Gasteiger partial charge in [-0.2, -0.15) is 5.10 Å². The van der Waals surface area contributed by atoms with Gasteiger partial charge in [0.05, 0.1) is 16.3 Å². The van der Waals surface area contributed by atoms with Crippen molar-refractivity contribution in [2.24, 2.45) is 18.1 Å². The number of fused-ring (bicyclic) bond motifs is 1. The summed E-state index contributed by atoms with van der Waals surface area (Å²) in [5.74, 6) is -0.972. The summed E-state index contributed by atoms with van der Waals surface area (Å²) in [5.41, 5.74) is 4.80. The van der Waals surface area contributed by atoms with Gasteiger partial charge in [-0.25, -0.2) is 5.43 Å². The maximum atomic E-state index is 12.6. The number of aryl methyl sites for hydroxylation is 1. The summed E-state index contributed by atoms with van der Waals surface area (Å²) in [5, 5.41) is 8.48. The molecule has 3 rings (SSSR count). The van der Waals surface area contributed by atoms with Gasteiger partial charge in [0, 0.05) is 35.3 Å². The van der Waals surface area contributed by atoms with Gasteiger partial charge in [0.25, 0.3) is 11.8 Å². The molecule has 0 saturated carbocycles. The van der Waals surface area contributed by atoms with Crippen LogP contribution in [0.1, 0.15) is 29.8 Å². The number of para-hydroxylation sites is 1. The molecule has 2 N–H and O–H groups in total. The number of carbonyl (C=O) groups is 2. The highest BCUT2D eigenvalue weighted by atomic mass is 35.5. The molecule has 0 bridgehead atoms. The second-order valence-electron chi connectivity index (χ2n) is 7.27. The summed E-state index contributed by atoms with van der Waals surface area (Å²) in [4.78, 5) is 25.2. The predicted molar refractivity (Wildman–Crippen MR) is 121 cm³/mol. The first-order valence-corrected chi connectivity index (χ1v) is 10.2. The molecule has 0 saturated heterocycles. The average molecular weight is 445 g/mol. The van der Waals surface area contributed by atoms with Crippen LogP contribution in [0.3, 0.4) is 0 Å². The molecule has 30 heavy (non-hydrogen) atoms. The van der Waals surface area contributed by atoms with Crippen molar-refractivity contribution in [3.8, 4) is 0 Å². The van der Waals surface area contributed by atoms with Crippen LogP contribution in [0.15, 0.2) is 53.8 Å². The maximum absolute atomic E-state index is 12.6. The summed E-state index contributed by atoms with van der Waals surface area (Å²) in [7, 11) is 1.95. The molecule has 8 heteroatoms. The van der Waals surface area contributed by atoms with Gasteiger partial charge in [-0.1, -0.05) is 55.2 Å². The SMILES string of the molecule is CC(C)C(NC(=O)c1ccc(Cl)c(Cl)c1)C(=O)NN=Cc1cn(C)c2ccccc12. The molecule has 6 nitrogen and oxygen atoms in total. The van der Waals surface area contributed by atoms with Gasteiger partial charge in [-0.15, -0.1) is 0 Å². The molecule has 3 aromatic rings. The van der Waals surface area contributed by atoms with Gasteiger partial charge >= 0.3 is 0 Å². The topological polar surface area (TPSA) is 75.5 Å². The Bertz CT molecular complexity index is 1120. The quantitative estimate of drug-likeness (QED) is 0.436. The van der Waals surface area contributed by atoms with E-state index in [1.54, 1.807) is 12.3 Å². The summed E-state index contributed by atoms with van der Waals surface area (Å²) >= 11 is 11.9. The molecule has 2 aromatic carbocycles. The number of hydrogen-bond donors (Lipinski definition) is 2. The van der Waals surface area contributed by atoms with Crippen LogP contribution in [0.25, 0.3) is 10.9 Å². The lowest BCUT2D eigenvalue weighted by Crippen LogP contribution is -2.48. The monoisotopic (exact) mass is 444 g/mol. The molecule has 0 spiro atoms. The fourth-order valence-electron chi connectivity index (χ4n) is 3.11. The third kappa shape index (κ3) is 4.83. The molecule has 0 radical (unpaired) electrons. The number of hydrazone groups is 1. The lowest BCUT2D eigenvalue weighted by atomic mass is 10.0. The second kappa shape index (κ2) is 9.32. The lowest BCUT2D eigenvalue weighted by Gasteiger charge is -2.20. The molecule has 0 aliphatic carbocycles. The van der Waals surface area contributed by atoms with E-state index in [9.17, 15) is 9.59 Å². The van der Waals surface area contributed by atoms with Crippen LogP contribution in [0.4, 0.5) is 0 Å². The summed E-state index contributed by atoms with van der Waals surface area (Å²) in [6.45, 7) is 3.68. The number of nitrogens with zero attached hydrogens (tertiary/aromatic N) is 2. The van der Waals surface area contributed by atoms with Gasteiger partial charge in [0.2, 0.25) is 0 Å². The largest absolute Gasteiger partial charge is 0.350 e. The fourth-order valence-corrected chi connectivity index (χ4v) is 3.41. The smallest absolute Gasteiger partial charge is 0.262 e. The Morgan fingerprint density at radius 1 is 1.10 bits per heavy atom. The molecule has 1 unspecified atom stereocenters. The zero-order chi connectivity index (χ0) is 21.8. The summed E-state index contributed by atoms with van der Waals surface area (Å²) in [6, 6.07) is 11.7. The first-order valence-electron chi connectivity index (χ1n) is 9.41. The molecule has 156 valence electrons. The Morgan fingerprint density at radius 3 is 2.53 bits per heavy atom. The first-order chi connectivity index (χ1) is 14.3. The van der Waals surface area contributed by atoms with Crippen molar-refractivity contribution >= 4 is 52.1 Å². The number of benzene rings is 2. The minimum Gasteiger partial charge on any atom is -0.350 e. The normalized spacial score (nSPS) is 12.5. The van der Waals surface area contributed by atoms with E-state index in [1.165, 1.54) is 12.1 Å². The third-order valence-corrected chi connectivity index (χ3v) is 5.46. The van der Waals surface area contributed by atoms with E-state index in [1.807, 2.05) is 55.9 Å². The number of carbonyl (C=O) groups excluding carboxylic acids is 2. The molecular formula is C22H22Cl2N4O2. The van der Waals surface area contributed by atoms with Crippen molar-refractivity contribution in [1.82, 2.24) is 15.3 Å². The van der Waals surface area contributed by atoms with E-state index in [0.29, 0.717) is 10.6 Å². The Hall–Kier alpha value is -2.83. The van der Waals surface area contributed by atoms with Crippen molar-refractivity contribution in [2.75, 3.05) is 0 Å². The Labute approximate surface area is 184 Å². The molecule has 1 heterocycles. The molecule has 0 aliphatic rings. The average Bonchev–Trinajstić information content (AvgIpc) is 3.03. The molecule has 0 fully saturated rings. The minimum atomic E-state index is -0.767. The van der Waals surface area contributed by atoms with Gasteiger partial charge in [0.1, 0.15) is 6.04 Å². The van der Waals surface area contributed by atoms with E-state index in [-0.39, 0.29) is 10.9 Å². The maximum Gasteiger partial charge on any atom is 0.262 e.